The minimum atomic E-state index is -0.615. The summed E-state index contributed by atoms with van der Waals surface area (Å²) in [5.41, 5.74) is 0. The van der Waals surface area contributed by atoms with Crippen LogP contribution in [0.15, 0.2) is 12.1 Å². The van der Waals surface area contributed by atoms with E-state index in [4.69, 9.17) is 11.6 Å². The third-order valence-electron chi connectivity index (χ3n) is 2.20. The number of halogens is 1. The summed E-state index contributed by atoms with van der Waals surface area (Å²) in [6, 6.07) is 2.66. The highest BCUT2D eigenvalue weighted by Gasteiger charge is 2.22. The molecule has 1 N–H and O–H groups in total. The Hall–Kier alpha value is -0.720. The van der Waals surface area contributed by atoms with E-state index in [1.165, 1.54) is 18.4 Å². The molecule has 0 unspecified atom stereocenters. The first-order valence-corrected chi connectivity index (χ1v) is 7.80. The molecule has 0 radical (unpaired) electrons. The summed E-state index contributed by atoms with van der Waals surface area (Å²) in [7, 11) is 1.31. The Kier molecular flexibility index (Phi) is 6.52. The summed E-state index contributed by atoms with van der Waals surface area (Å²) in [5.74, 6) is 0.0362. The first kappa shape index (κ1) is 15.3. The Morgan fingerprint density at radius 3 is 2.78 bits per heavy atom. The molecule has 4 nitrogen and oxygen atoms in total. The van der Waals surface area contributed by atoms with Gasteiger partial charge in [-0.15, -0.1) is 11.3 Å². The predicted octanol–water partition coefficient (Wildman–Crippen LogP) is 2.43. The fourth-order valence-electron chi connectivity index (χ4n) is 1.29. The summed E-state index contributed by atoms with van der Waals surface area (Å²) in [6.07, 6.45) is 2.48. The Labute approximate surface area is 119 Å². The number of methoxy groups -OCH3 is 1. The Bertz CT molecular complexity index is 422. The van der Waals surface area contributed by atoms with Gasteiger partial charge in [-0.25, -0.2) is 4.79 Å². The fourth-order valence-corrected chi connectivity index (χ4v) is 2.71. The quantitative estimate of drug-likeness (QED) is 0.820. The zero-order valence-electron chi connectivity index (χ0n) is 10.1. The van der Waals surface area contributed by atoms with Gasteiger partial charge in [-0.3, -0.25) is 4.79 Å². The van der Waals surface area contributed by atoms with Crippen LogP contribution < -0.4 is 5.32 Å². The number of thiophene rings is 1. The molecule has 100 valence electrons. The molecule has 0 bridgehead atoms. The summed E-state index contributed by atoms with van der Waals surface area (Å²) >= 11 is 8.54. The lowest BCUT2D eigenvalue weighted by atomic mass is 10.2. The summed E-state index contributed by atoms with van der Waals surface area (Å²) < 4.78 is 5.21. The van der Waals surface area contributed by atoms with E-state index in [2.05, 4.69) is 10.1 Å². The van der Waals surface area contributed by atoms with Gasteiger partial charge in [0.1, 0.15) is 6.04 Å². The second-order valence-electron chi connectivity index (χ2n) is 3.43. The summed E-state index contributed by atoms with van der Waals surface area (Å²) in [5, 5.41) is 2.66. The van der Waals surface area contributed by atoms with Gasteiger partial charge in [0, 0.05) is 0 Å². The molecule has 7 heteroatoms. The molecule has 1 amide bonds. The van der Waals surface area contributed by atoms with Gasteiger partial charge in [0.2, 0.25) is 0 Å². The number of hydrogen-bond acceptors (Lipinski definition) is 5. The molecule has 1 heterocycles. The van der Waals surface area contributed by atoms with Gasteiger partial charge in [0.15, 0.2) is 0 Å². The number of amides is 1. The minimum Gasteiger partial charge on any atom is -0.467 e. The van der Waals surface area contributed by atoms with Crippen LogP contribution in [-0.4, -0.2) is 37.0 Å². The molecule has 18 heavy (non-hydrogen) atoms. The molecule has 1 atom stereocenters. The van der Waals surface area contributed by atoms with Crippen molar-refractivity contribution in [2.75, 3.05) is 19.1 Å². The predicted molar refractivity (Wildman–Crippen MR) is 75.6 cm³/mol. The lowest BCUT2D eigenvalue weighted by Gasteiger charge is -2.15. The van der Waals surface area contributed by atoms with Gasteiger partial charge in [0.25, 0.3) is 5.91 Å². The highest BCUT2D eigenvalue weighted by Crippen LogP contribution is 2.21. The molecule has 0 saturated carbocycles. The van der Waals surface area contributed by atoms with Gasteiger partial charge in [-0.2, -0.15) is 11.8 Å². The number of rotatable bonds is 6. The zero-order valence-corrected chi connectivity index (χ0v) is 12.5. The van der Waals surface area contributed by atoms with E-state index in [-0.39, 0.29) is 5.91 Å². The molecule has 1 aromatic heterocycles. The van der Waals surface area contributed by atoms with E-state index in [0.29, 0.717) is 15.6 Å². The molecule has 0 aliphatic heterocycles. The average Bonchev–Trinajstić information content (AvgIpc) is 2.80. The first-order chi connectivity index (χ1) is 8.58. The number of thioether (sulfide) groups is 1. The molecular weight excluding hydrogens is 294 g/mol. The van der Waals surface area contributed by atoms with Crippen molar-refractivity contribution in [3.63, 3.8) is 0 Å². The number of nitrogens with one attached hydrogen (secondary N) is 1. The van der Waals surface area contributed by atoms with Crippen molar-refractivity contribution in [3.8, 4) is 0 Å². The van der Waals surface area contributed by atoms with Crippen LogP contribution in [-0.2, 0) is 9.53 Å². The molecule has 0 aromatic carbocycles. The molecule has 0 aliphatic carbocycles. The van der Waals surface area contributed by atoms with Gasteiger partial charge in [0.05, 0.1) is 16.3 Å². The van der Waals surface area contributed by atoms with E-state index < -0.39 is 12.0 Å². The van der Waals surface area contributed by atoms with Gasteiger partial charge in [-0.1, -0.05) is 11.6 Å². The normalized spacial score (nSPS) is 11.9. The number of esters is 1. The minimum absolute atomic E-state index is 0.302. The van der Waals surface area contributed by atoms with Crippen molar-refractivity contribution in [2.45, 2.75) is 12.5 Å². The van der Waals surface area contributed by atoms with E-state index in [9.17, 15) is 9.59 Å². The van der Waals surface area contributed by atoms with Crippen molar-refractivity contribution >= 4 is 46.6 Å². The van der Waals surface area contributed by atoms with Crippen molar-refractivity contribution < 1.29 is 14.3 Å². The van der Waals surface area contributed by atoms with E-state index in [0.717, 1.165) is 5.75 Å². The van der Waals surface area contributed by atoms with Gasteiger partial charge < -0.3 is 10.1 Å². The maximum atomic E-state index is 11.9. The SMILES string of the molecule is COC(=O)[C@H](CCSC)NC(=O)c1ccc(Cl)s1. The highest BCUT2D eigenvalue weighted by atomic mass is 35.5. The Balaban J connectivity index is 2.64. The fraction of sp³-hybridized carbons (Fsp3) is 0.455. The number of hydrogen-bond donors (Lipinski definition) is 1. The standard InChI is InChI=1S/C11H14ClNO3S2/c1-16-11(15)7(5-6-17-2)13-10(14)8-3-4-9(12)18-8/h3-4,7H,5-6H2,1-2H3,(H,13,14)/t7-/m0/s1. The number of carbonyl (C=O) groups is 2. The molecule has 0 fully saturated rings. The first-order valence-electron chi connectivity index (χ1n) is 5.21. The van der Waals surface area contributed by atoms with Crippen LogP contribution in [0.25, 0.3) is 0 Å². The topological polar surface area (TPSA) is 55.4 Å². The second kappa shape index (κ2) is 7.66. The second-order valence-corrected chi connectivity index (χ2v) is 6.14. The molecule has 0 spiro atoms. The Morgan fingerprint density at radius 2 is 2.28 bits per heavy atom. The van der Waals surface area contributed by atoms with E-state index >= 15 is 0 Å². The summed E-state index contributed by atoms with van der Waals surface area (Å²) in [4.78, 5) is 23.9. The van der Waals surface area contributed by atoms with E-state index in [1.807, 2.05) is 6.26 Å². The van der Waals surface area contributed by atoms with Crippen molar-refractivity contribution in [1.82, 2.24) is 5.32 Å². The van der Waals surface area contributed by atoms with Gasteiger partial charge >= 0.3 is 5.97 Å². The number of ether oxygens (including phenoxy) is 1. The monoisotopic (exact) mass is 307 g/mol. The van der Waals surface area contributed by atoms with Crippen LogP contribution in [0.5, 0.6) is 0 Å². The Morgan fingerprint density at radius 1 is 1.56 bits per heavy atom. The van der Waals surface area contributed by atoms with Crippen LogP contribution in [0.1, 0.15) is 16.1 Å². The lowest BCUT2D eigenvalue weighted by molar-refractivity contribution is -0.142. The van der Waals surface area contributed by atoms with E-state index in [1.54, 1.807) is 23.9 Å². The lowest BCUT2D eigenvalue weighted by Crippen LogP contribution is -2.41. The van der Waals surface area contributed by atoms with Crippen LogP contribution >= 0.6 is 34.7 Å². The summed E-state index contributed by atoms with van der Waals surface area (Å²) in [6.45, 7) is 0. The maximum absolute atomic E-state index is 11.9. The van der Waals surface area contributed by atoms with Gasteiger partial charge in [-0.05, 0) is 30.6 Å². The third-order valence-corrected chi connectivity index (χ3v) is 4.07. The van der Waals surface area contributed by atoms with Crippen molar-refractivity contribution in [2.24, 2.45) is 0 Å². The highest BCUT2D eigenvalue weighted by molar-refractivity contribution is 7.98. The smallest absolute Gasteiger partial charge is 0.328 e. The molecule has 1 aromatic rings. The molecule has 0 saturated heterocycles. The third kappa shape index (κ3) is 4.51. The van der Waals surface area contributed by atoms with Crippen LogP contribution in [0.3, 0.4) is 0 Å². The number of carbonyl (C=O) groups excluding carboxylic acids is 2. The van der Waals surface area contributed by atoms with Crippen LogP contribution in [0, 0.1) is 0 Å². The molecule has 1 rings (SSSR count). The maximum Gasteiger partial charge on any atom is 0.328 e. The largest absolute Gasteiger partial charge is 0.467 e. The zero-order chi connectivity index (χ0) is 13.5. The molecular formula is C11H14ClNO3S2. The van der Waals surface area contributed by atoms with Crippen molar-refractivity contribution in [1.29, 1.82) is 0 Å². The van der Waals surface area contributed by atoms with Crippen molar-refractivity contribution in [3.05, 3.63) is 21.3 Å². The van der Waals surface area contributed by atoms with Crippen LogP contribution in [0.2, 0.25) is 4.34 Å². The molecule has 0 aliphatic rings. The average molecular weight is 308 g/mol. The van der Waals surface area contributed by atoms with Crippen LogP contribution in [0.4, 0.5) is 0 Å².